The van der Waals surface area contributed by atoms with E-state index in [2.05, 4.69) is 46.8 Å². The third-order valence-corrected chi connectivity index (χ3v) is 6.15. The van der Waals surface area contributed by atoms with E-state index in [1.54, 1.807) is 0 Å². The molecule has 2 heterocycles. The largest absolute Gasteiger partial charge is 0.318 e. The van der Waals surface area contributed by atoms with E-state index in [9.17, 15) is 9.59 Å². The van der Waals surface area contributed by atoms with Crippen LogP contribution in [0.5, 0.6) is 0 Å². The summed E-state index contributed by atoms with van der Waals surface area (Å²) in [6, 6.07) is 19.7. The lowest BCUT2D eigenvalue weighted by atomic mass is 10.2. The third-order valence-electron chi connectivity index (χ3n) is 5.18. The summed E-state index contributed by atoms with van der Waals surface area (Å²) in [7, 11) is 0. The van der Waals surface area contributed by atoms with Gasteiger partial charge in [0.05, 0.1) is 10.6 Å². The normalized spacial score (nSPS) is 14.8. The van der Waals surface area contributed by atoms with Gasteiger partial charge in [-0.25, -0.2) is 0 Å². The molecule has 0 saturated heterocycles. The summed E-state index contributed by atoms with van der Waals surface area (Å²) in [6.45, 7) is 7.62. The van der Waals surface area contributed by atoms with Crippen LogP contribution in [0.15, 0.2) is 70.6 Å². The molecule has 0 atom stereocenters. The molecule has 156 valence electrons. The number of aliphatic imine (C=N–C) groups is 1. The number of amides is 2. The van der Waals surface area contributed by atoms with E-state index < -0.39 is 0 Å². The zero-order valence-electron chi connectivity index (χ0n) is 17.9. The molecule has 0 fully saturated rings. The Balaban J connectivity index is 1.66. The van der Waals surface area contributed by atoms with E-state index in [1.165, 1.54) is 29.1 Å². The Morgan fingerprint density at radius 1 is 1.03 bits per heavy atom. The Kier molecular flexibility index (Phi) is 5.65. The molecule has 3 aromatic rings. The van der Waals surface area contributed by atoms with E-state index in [1.807, 2.05) is 50.3 Å². The highest BCUT2D eigenvalue weighted by Crippen LogP contribution is 2.34. The third kappa shape index (κ3) is 4.11. The number of aryl methyl sites for hydroxylation is 2. The van der Waals surface area contributed by atoms with Gasteiger partial charge in [-0.15, -0.1) is 0 Å². The molecule has 0 aliphatic carbocycles. The highest BCUT2D eigenvalue weighted by Gasteiger charge is 2.29. The second-order valence-electron chi connectivity index (χ2n) is 7.50. The zero-order valence-corrected chi connectivity index (χ0v) is 18.7. The van der Waals surface area contributed by atoms with Gasteiger partial charge in [-0.05, 0) is 74.5 Å². The van der Waals surface area contributed by atoms with Crippen LogP contribution in [0.1, 0.15) is 29.4 Å². The maximum absolute atomic E-state index is 12.6. The summed E-state index contributed by atoms with van der Waals surface area (Å²) in [5.41, 5.74) is 6.06. The molecule has 5 nitrogen and oxygen atoms in total. The molecular formula is C25H23N3O2S. The molecule has 0 unspecified atom stereocenters. The van der Waals surface area contributed by atoms with Crippen molar-refractivity contribution in [3.8, 4) is 5.69 Å². The average molecular weight is 430 g/mol. The van der Waals surface area contributed by atoms with Gasteiger partial charge in [0.15, 0.2) is 5.17 Å². The number of thioether (sulfide) groups is 1. The van der Waals surface area contributed by atoms with Crippen molar-refractivity contribution in [3.63, 3.8) is 0 Å². The van der Waals surface area contributed by atoms with Crippen molar-refractivity contribution >= 4 is 40.5 Å². The summed E-state index contributed by atoms with van der Waals surface area (Å²) in [5.74, 6) is -0.522. The van der Waals surface area contributed by atoms with Gasteiger partial charge in [-0.3, -0.25) is 14.5 Å². The number of carbonyl (C=O) groups is 2. The number of amidine groups is 1. The lowest BCUT2D eigenvalue weighted by molar-refractivity contribution is -0.115. The van der Waals surface area contributed by atoms with Gasteiger partial charge >= 0.3 is 0 Å². The summed E-state index contributed by atoms with van der Waals surface area (Å²) in [4.78, 5) is 31.1. The maximum atomic E-state index is 12.6. The van der Waals surface area contributed by atoms with Gasteiger partial charge in [0.25, 0.3) is 5.91 Å². The first-order valence-electron chi connectivity index (χ1n) is 9.99. The van der Waals surface area contributed by atoms with Crippen molar-refractivity contribution in [1.82, 2.24) is 4.57 Å². The molecule has 1 aliphatic heterocycles. The molecule has 1 aromatic heterocycles. The standard InChI is InChI=1S/C25H23N3O2S/c1-16-10-12-22(13-11-16)27-17(2)14-20(18(27)3)15-23-24(30)26-25(31-23)28(19(4)29)21-8-6-5-7-9-21/h5-15H,1-4H3. The van der Waals surface area contributed by atoms with E-state index >= 15 is 0 Å². The Morgan fingerprint density at radius 2 is 1.71 bits per heavy atom. The van der Waals surface area contributed by atoms with Crippen LogP contribution in [-0.4, -0.2) is 21.5 Å². The molecule has 0 saturated carbocycles. The first-order valence-corrected chi connectivity index (χ1v) is 10.8. The minimum absolute atomic E-state index is 0.191. The molecule has 0 radical (unpaired) electrons. The van der Waals surface area contributed by atoms with Gasteiger partial charge < -0.3 is 4.57 Å². The van der Waals surface area contributed by atoms with Gasteiger partial charge in [0.1, 0.15) is 0 Å². The van der Waals surface area contributed by atoms with Crippen LogP contribution >= 0.6 is 11.8 Å². The molecule has 6 heteroatoms. The summed E-state index contributed by atoms with van der Waals surface area (Å²) in [6.07, 6.45) is 1.86. The van der Waals surface area contributed by atoms with E-state index in [4.69, 9.17) is 0 Å². The fraction of sp³-hybridized carbons (Fsp3) is 0.160. The number of nitrogens with zero attached hydrogens (tertiary/aromatic N) is 3. The van der Waals surface area contributed by atoms with Gasteiger partial charge in [0.2, 0.25) is 5.91 Å². The number of hydrogen-bond acceptors (Lipinski definition) is 3. The Hall–Kier alpha value is -3.38. The number of hydrogen-bond donors (Lipinski definition) is 0. The maximum Gasteiger partial charge on any atom is 0.286 e. The molecule has 0 bridgehead atoms. The molecule has 0 N–H and O–H groups in total. The van der Waals surface area contributed by atoms with Crippen molar-refractivity contribution in [2.24, 2.45) is 4.99 Å². The van der Waals surface area contributed by atoms with E-state index in [0.29, 0.717) is 15.8 Å². The Morgan fingerprint density at radius 3 is 2.35 bits per heavy atom. The lowest BCUT2D eigenvalue weighted by Crippen LogP contribution is -2.32. The van der Waals surface area contributed by atoms with Crippen LogP contribution in [0, 0.1) is 20.8 Å². The van der Waals surface area contributed by atoms with Crippen LogP contribution in [0.25, 0.3) is 11.8 Å². The molecule has 2 aromatic carbocycles. The predicted molar refractivity (Wildman–Crippen MR) is 128 cm³/mol. The van der Waals surface area contributed by atoms with E-state index in [-0.39, 0.29) is 11.8 Å². The second-order valence-corrected chi connectivity index (χ2v) is 8.51. The van der Waals surface area contributed by atoms with Gasteiger partial charge in [0, 0.05) is 24.0 Å². The topological polar surface area (TPSA) is 54.7 Å². The van der Waals surface area contributed by atoms with Crippen LogP contribution in [0.4, 0.5) is 5.69 Å². The summed E-state index contributed by atoms with van der Waals surface area (Å²) >= 11 is 1.22. The highest BCUT2D eigenvalue weighted by atomic mass is 32.2. The number of para-hydroxylation sites is 1. The summed E-state index contributed by atoms with van der Waals surface area (Å²) in [5, 5.41) is 0.377. The minimum Gasteiger partial charge on any atom is -0.318 e. The SMILES string of the molecule is CC(=O)N(C1=NC(=O)C(=Cc2cc(C)n(-c3ccc(C)cc3)c2C)S1)c1ccccc1. The van der Waals surface area contributed by atoms with Crippen LogP contribution in [0.2, 0.25) is 0 Å². The predicted octanol–water partition coefficient (Wildman–Crippen LogP) is 5.43. The number of carbonyl (C=O) groups excluding carboxylic acids is 2. The quantitative estimate of drug-likeness (QED) is 0.522. The molecule has 2 amide bonds. The molecular weight excluding hydrogens is 406 g/mol. The molecule has 4 rings (SSSR count). The van der Waals surface area contributed by atoms with Crippen molar-refractivity contribution in [2.75, 3.05) is 4.90 Å². The van der Waals surface area contributed by atoms with Crippen molar-refractivity contribution in [3.05, 3.63) is 88.1 Å². The van der Waals surface area contributed by atoms with E-state index in [0.717, 1.165) is 22.6 Å². The van der Waals surface area contributed by atoms with Gasteiger partial charge in [-0.2, -0.15) is 4.99 Å². The van der Waals surface area contributed by atoms with Crippen LogP contribution < -0.4 is 4.90 Å². The van der Waals surface area contributed by atoms with Gasteiger partial charge in [-0.1, -0.05) is 35.9 Å². The Labute approximate surface area is 186 Å². The lowest BCUT2D eigenvalue weighted by Gasteiger charge is -2.19. The second kappa shape index (κ2) is 8.40. The van der Waals surface area contributed by atoms with Crippen molar-refractivity contribution in [2.45, 2.75) is 27.7 Å². The molecule has 1 aliphatic rings. The first kappa shape index (κ1) is 20.9. The minimum atomic E-state index is -0.331. The average Bonchev–Trinajstić information content (AvgIpc) is 3.22. The first-order chi connectivity index (χ1) is 14.8. The van der Waals surface area contributed by atoms with Crippen molar-refractivity contribution < 1.29 is 9.59 Å². The van der Waals surface area contributed by atoms with Crippen molar-refractivity contribution in [1.29, 1.82) is 0 Å². The Bertz CT molecular complexity index is 1220. The molecule has 0 spiro atoms. The number of rotatable bonds is 3. The fourth-order valence-electron chi connectivity index (χ4n) is 3.66. The zero-order chi connectivity index (χ0) is 22.1. The summed E-state index contributed by atoms with van der Waals surface area (Å²) < 4.78 is 2.17. The van der Waals surface area contributed by atoms with Crippen LogP contribution in [0.3, 0.4) is 0 Å². The fourth-order valence-corrected chi connectivity index (χ4v) is 4.63. The monoisotopic (exact) mass is 429 g/mol. The number of anilines is 1. The van der Waals surface area contributed by atoms with Crippen LogP contribution in [-0.2, 0) is 9.59 Å². The highest BCUT2D eigenvalue weighted by molar-refractivity contribution is 8.19. The smallest absolute Gasteiger partial charge is 0.286 e. The molecule has 31 heavy (non-hydrogen) atoms. The number of benzene rings is 2. The number of aromatic nitrogens is 1.